The van der Waals surface area contributed by atoms with E-state index in [1.54, 1.807) is 0 Å². The molecule has 0 bridgehead atoms. The average molecular weight is 175 g/mol. The van der Waals surface area contributed by atoms with E-state index < -0.39 is 0 Å². The van der Waals surface area contributed by atoms with Crippen molar-refractivity contribution in [3.63, 3.8) is 0 Å². The first-order chi connectivity index (χ1) is 6.29. The first-order valence-electron chi connectivity index (χ1n) is 4.53. The Bertz CT molecular complexity index is 355. The predicted octanol–water partition coefficient (Wildman–Crippen LogP) is 2.08. The van der Waals surface area contributed by atoms with Gasteiger partial charge in [-0.3, -0.25) is 0 Å². The molecule has 1 aliphatic rings. The van der Waals surface area contributed by atoms with Gasteiger partial charge in [0.25, 0.3) is 0 Å². The van der Waals surface area contributed by atoms with Crippen molar-refractivity contribution in [3.8, 4) is 0 Å². The maximum Gasteiger partial charge on any atom is 0.216 e. The van der Waals surface area contributed by atoms with E-state index in [0.29, 0.717) is 0 Å². The lowest BCUT2D eigenvalue weighted by Gasteiger charge is -2.07. The molecule has 0 aromatic heterocycles. The number of rotatable bonds is 1. The molecule has 0 saturated heterocycles. The van der Waals surface area contributed by atoms with Crippen molar-refractivity contribution >= 4 is 5.90 Å². The van der Waals surface area contributed by atoms with Gasteiger partial charge >= 0.3 is 0 Å². The molecule has 68 valence electrons. The Hall–Kier alpha value is -1.31. The van der Waals surface area contributed by atoms with Gasteiger partial charge in [0.15, 0.2) is 0 Å². The third kappa shape index (κ3) is 1.44. The number of hydrogen-bond donors (Lipinski definition) is 0. The zero-order valence-corrected chi connectivity index (χ0v) is 8.00. The van der Waals surface area contributed by atoms with Crippen molar-refractivity contribution in [2.24, 2.45) is 4.99 Å². The molecule has 0 N–H and O–H groups in total. The monoisotopic (exact) mass is 175 g/mol. The number of nitrogens with zero attached hydrogens (tertiary/aromatic N) is 1. The SMILES string of the molecule is Cc1cccc(C2=NCCO2)c1C. The summed E-state index contributed by atoms with van der Waals surface area (Å²) in [4.78, 5) is 4.30. The summed E-state index contributed by atoms with van der Waals surface area (Å²) in [5, 5.41) is 0. The fourth-order valence-electron chi connectivity index (χ4n) is 1.48. The second kappa shape index (κ2) is 3.21. The summed E-state index contributed by atoms with van der Waals surface area (Å²) in [6, 6.07) is 6.21. The van der Waals surface area contributed by atoms with Crippen LogP contribution in [-0.2, 0) is 4.74 Å². The van der Waals surface area contributed by atoms with E-state index in [2.05, 4.69) is 31.0 Å². The molecule has 0 saturated carbocycles. The third-order valence-corrected chi connectivity index (χ3v) is 2.42. The maximum atomic E-state index is 5.42. The lowest BCUT2D eigenvalue weighted by molar-refractivity contribution is 0.348. The molecule has 0 radical (unpaired) electrons. The topological polar surface area (TPSA) is 21.6 Å². The molecule has 1 heterocycles. The largest absolute Gasteiger partial charge is 0.476 e. The number of hydrogen-bond acceptors (Lipinski definition) is 2. The summed E-state index contributed by atoms with van der Waals surface area (Å²) in [6.45, 7) is 5.73. The Labute approximate surface area is 78.3 Å². The van der Waals surface area contributed by atoms with Crippen LogP contribution in [-0.4, -0.2) is 19.0 Å². The fourth-order valence-corrected chi connectivity index (χ4v) is 1.48. The highest BCUT2D eigenvalue weighted by Gasteiger charge is 2.12. The molecule has 1 aromatic carbocycles. The van der Waals surface area contributed by atoms with Crippen LogP contribution in [0.25, 0.3) is 0 Å². The summed E-state index contributed by atoms with van der Waals surface area (Å²) < 4.78 is 5.42. The molecule has 0 spiro atoms. The Morgan fingerprint density at radius 1 is 1.31 bits per heavy atom. The Morgan fingerprint density at radius 3 is 2.85 bits per heavy atom. The van der Waals surface area contributed by atoms with Crippen molar-refractivity contribution in [1.82, 2.24) is 0 Å². The molecule has 0 atom stereocenters. The zero-order chi connectivity index (χ0) is 9.26. The minimum atomic E-state index is 0.725. The maximum absolute atomic E-state index is 5.42. The van der Waals surface area contributed by atoms with Gasteiger partial charge in [-0.25, -0.2) is 4.99 Å². The van der Waals surface area contributed by atoms with Crippen LogP contribution in [0.4, 0.5) is 0 Å². The minimum absolute atomic E-state index is 0.725. The molecular formula is C11H13NO. The smallest absolute Gasteiger partial charge is 0.216 e. The number of benzene rings is 1. The molecule has 2 rings (SSSR count). The highest BCUT2D eigenvalue weighted by Crippen LogP contribution is 2.16. The van der Waals surface area contributed by atoms with E-state index in [1.807, 2.05) is 6.07 Å². The molecule has 0 unspecified atom stereocenters. The van der Waals surface area contributed by atoms with Crippen LogP contribution in [0.1, 0.15) is 16.7 Å². The molecule has 0 aliphatic carbocycles. The van der Waals surface area contributed by atoms with Gasteiger partial charge in [0, 0.05) is 5.56 Å². The number of aryl methyl sites for hydroxylation is 1. The molecule has 1 aromatic rings. The van der Waals surface area contributed by atoms with Crippen molar-refractivity contribution < 1.29 is 4.74 Å². The van der Waals surface area contributed by atoms with Gasteiger partial charge in [-0.2, -0.15) is 0 Å². The van der Waals surface area contributed by atoms with Crippen LogP contribution < -0.4 is 0 Å². The Kier molecular flexibility index (Phi) is 2.05. The van der Waals surface area contributed by atoms with Gasteiger partial charge in [0.2, 0.25) is 5.90 Å². The van der Waals surface area contributed by atoms with Gasteiger partial charge in [0.1, 0.15) is 6.61 Å². The molecule has 0 fully saturated rings. The van der Waals surface area contributed by atoms with E-state index >= 15 is 0 Å². The van der Waals surface area contributed by atoms with Crippen LogP contribution in [0.2, 0.25) is 0 Å². The minimum Gasteiger partial charge on any atom is -0.476 e. The summed E-state index contributed by atoms with van der Waals surface area (Å²) >= 11 is 0. The molecule has 1 aliphatic heterocycles. The fraction of sp³-hybridized carbons (Fsp3) is 0.364. The lowest BCUT2D eigenvalue weighted by Crippen LogP contribution is -2.04. The van der Waals surface area contributed by atoms with E-state index in [9.17, 15) is 0 Å². The summed E-state index contributed by atoms with van der Waals surface area (Å²) in [5.74, 6) is 0.807. The van der Waals surface area contributed by atoms with E-state index in [0.717, 1.165) is 24.6 Å². The molecule has 2 nitrogen and oxygen atoms in total. The summed E-state index contributed by atoms with van der Waals surface area (Å²) in [7, 11) is 0. The molecule has 2 heteroatoms. The van der Waals surface area contributed by atoms with Gasteiger partial charge in [-0.15, -0.1) is 0 Å². The molecule has 0 amide bonds. The van der Waals surface area contributed by atoms with Crippen LogP contribution in [0.5, 0.6) is 0 Å². The highest BCUT2D eigenvalue weighted by molar-refractivity contribution is 5.96. The predicted molar refractivity (Wildman–Crippen MR) is 53.3 cm³/mol. The van der Waals surface area contributed by atoms with Gasteiger partial charge in [-0.05, 0) is 31.0 Å². The van der Waals surface area contributed by atoms with E-state index in [1.165, 1.54) is 11.1 Å². The van der Waals surface area contributed by atoms with Gasteiger partial charge in [0.05, 0.1) is 6.54 Å². The lowest BCUT2D eigenvalue weighted by atomic mass is 10.0. The number of aliphatic imine (C=N–C) groups is 1. The second-order valence-electron chi connectivity index (χ2n) is 3.28. The van der Waals surface area contributed by atoms with Crippen molar-refractivity contribution in [2.75, 3.05) is 13.2 Å². The number of ether oxygens (including phenoxy) is 1. The Morgan fingerprint density at radius 2 is 2.15 bits per heavy atom. The second-order valence-corrected chi connectivity index (χ2v) is 3.28. The van der Waals surface area contributed by atoms with Crippen LogP contribution >= 0.6 is 0 Å². The van der Waals surface area contributed by atoms with Gasteiger partial charge in [-0.1, -0.05) is 12.1 Å². The first kappa shape index (κ1) is 8.30. The van der Waals surface area contributed by atoms with Crippen molar-refractivity contribution in [2.45, 2.75) is 13.8 Å². The van der Waals surface area contributed by atoms with Crippen LogP contribution in [0.15, 0.2) is 23.2 Å². The van der Waals surface area contributed by atoms with E-state index in [-0.39, 0.29) is 0 Å². The molecular weight excluding hydrogens is 162 g/mol. The van der Waals surface area contributed by atoms with Crippen molar-refractivity contribution in [1.29, 1.82) is 0 Å². The van der Waals surface area contributed by atoms with E-state index in [4.69, 9.17) is 4.74 Å². The normalized spacial score (nSPS) is 15.4. The third-order valence-electron chi connectivity index (χ3n) is 2.42. The highest BCUT2D eigenvalue weighted by atomic mass is 16.5. The zero-order valence-electron chi connectivity index (χ0n) is 8.00. The average Bonchev–Trinajstić information content (AvgIpc) is 2.62. The van der Waals surface area contributed by atoms with Crippen LogP contribution in [0.3, 0.4) is 0 Å². The van der Waals surface area contributed by atoms with Crippen LogP contribution in [0, 0.1) is 13.8 Å². The first-order valence-corrected chi connectivity index (χ1v) is 4.53. The summed E-state index contributed by atoms with van der Waals surface area (Å²) in [5.41, 5.74) is 3.69. The molecule has 13 heavy (non-hydrogen) atoms. The van der Waals surface area contributed by atoms with Gasteiger partial charge < -0.3 is 4.74 Å². The summed E-state index contributed by atoms with van der Waals surface area (Å²) in [6.07, 6.45) is 0. The Balaban J connectivity index is 2.45. The van der Waals surface area contributed by atoms with Crippen molar-refractivity contribution in [3.05, 3.63) is 34.9 Å². The standard InChI is InChI=1S/C11H13NO/c1-8-4-3-5-10(9(8)2)11-12-6-7-13-11/h3-5H,6-7H2,1-2H3. The quantitative estimate of drug-likeness (QED) is 0.640.